The molecule has 0 spiro atoms. The monoisotopic (exact) mass is 417 g/mol. The predicted octanol–water partition coefficient (Wildman–Crippen LogP) is 1.82. The van der Waals surface area contributed by atoms with Gasteiger partial charge in [0.1, 0.15) is 5.75 Å². The molecule has 0 atom stereocenters. The molecule has 4 rings (SSSR count). The molecule has 0 radical (unpaired) electrons. The Bertz CT molecular complexity index is 994. The summed E-state index contributed by atoms with van der Waals surface area (Å²) >= 11 is 11.6. The zero-order chi connectivity index (χ0) is 19.5. The predicted molar refractivity (Wildman–Crippen MR) is 111 cm³/mol. The van der Waals surface area contributed by atoms with Crippen LogP contribution < -0.4 is 14.5 Å². The summed E-state index contributed by atoms with van der Waals surface area (Å²) in [4.78, 5) is 3.82. The molecule has 9 heteroatoms. The average Bonchev–Trinajstić information content (AvgIpc) is 3.09. The van der Waals surface area contributed by atoms with Crippen LogP contribution in [0.2, 0.25) is 5.02 Å². The van der Waals surface area contributed by atoms with E-state index in [9.17, 15) is 0 Å². The van der Waals surface area contributed by atoms with E-state index >= 15 is 0 Å². The number of quaternary nitrogens is 1. The van der Waals surface area contributed by atoms with Crippen LogP contribution in [0.25, 0.3) is 5.69 Å². The molecule has 0 unspecified atom stereocenters. The quantitative estimate of drug-likeness (QED) is 0.642. The van der Waals surface area contributed by atoms with Gasteiger partial charge < -0.3 is 14.5 Å². The Labute approximate surface area is 173 Å². The van der Waals surface area contributed by atoms with Gasteiger partial charge in [-0.3, -0.25) is 0 Å². The minimum atomic E-state index is 0.576. The van der Waals surface area contributed by atoms with Crippen LogP contribution in [0.5, 0.6) is 5.75 Å². The molecule has 3 aromatic rings. The second-order valence-electron chi connectivity index (χ2n) is 6.75. The lowest BCUT2D eigenvalue weighted by Gasteiger charge is -2.33. The molecule has 1 saturated heterocycles. The standard InChI is InChI=1S/C19H21ClN6OS/c1-27-18-7-5-16(6-8-18)24-11-9-23(10-12-24)14-25-19(28)26(22-21-25)17-4-2-3-15(20)13-17/h2-8,13H,9-12,14H2,1H3/p+1. The summed E-state index contributed by atoms with van der Waals surface area (Å²) in [5.74, 6) is 0.880. The Morgan fingerprint density at radius 3 is 2.50 bits per heavy atom. The average molecular weight is 418 g/mol. The third kappa shape index (κ3) is 4.04. The number of nitrogens with one attached hydrogen (secondary N) is 1. The lowest BCUT2D eigenvalue weighted by Crippen LogP contribution is -3.14. The molecule has 28 heavy (non-hydrogen) atoms. The van der Waals surface area contributed by atoms with Crippen molar-refractivity contribution in [3.63, 3.8) is 0 Å². The summed E-state index contributed by atoms with van der Waals surface area (Å²) < 4.78 is 9.24. The molecule has 0 bridgehead atoms. The number of ether oxygens (including phenoxy) is 1. The third-order valence-corrected chi connectivity index (χ3v) is 5.59. The Hall–Kier alpha value is -2.42. The zero-order valence-corrected chi connectivity index (χ0v) is 17.2. The van der Waals surface area contributed by atoms with Crippen molar-refractivity contribution in [2.45, 2.75) is 6.67 Å². The summed E-state index contributed by atoms with van der Waals surface area (Å²) in [6.45, 7) is 4.69. The number of methoxy groups -OCH3 is 1. The van der Waals surface area contributed by atoms with Crippen molar-refractivity contribution in [1.82, 2.24) is 19.8 Å². The molecular formula is C19H22ClN6OS+. The first kappa shape index (κ1) is 18.9. The number of anilines is 1. The maximum Gasteiger partial charge on any atom is 0.225 e. The van der Waals surface area contributed by atoms with Crippen LogP contribution in [-0.2, 0) is 6.67 Å². The lowest BCUT2D eigenvalue weighted by molar-refractivity contribution is -0.924. The molecule has 7 nitrogen and oxygen atoms in total. The van der Waals surface area contributed by atoms with E-state index in [0.717, 1.165) is 37.6 Å². The van der Waals surface area contributed by atoms with E-state index in [1.54, 1.807) is 16.5 Å². The molecule has 2 aromatic carbocycles. The van der Waals surface area contributed by atoms with E-state index in [-0.39, 0.29) is 0 Å². The van der Waals surface area contributed by atoms with Gasteiger partial charge in [0.2, 0.25) is 4.77 Å². The number of rotatable bonds is 5. The molecule has 1 fully saturated rings. The van der Waals surface area contributed by atoms with Crippen molar-refractivity contribution >= 4 is 29.5 Å². The Balaban J connectivity index is 1.39. The van der Waals surface area contributed by atoms with Crippen molar-refractivity contribution in [3.05, 3.63) is 58.3 Å². The largest absolute Gasteiger partial charge is 0.497 e. The van der Waals surface area contributed by atoms with Gasteiger partial charge in [-0.1, -0.05) is 17.7 Å². The van der Waals surface area contributed by atoms with Crippen LogP contribution >= 0.6 is 23.8 Å². The molecule has 1 aromatic heterocycles. The van der Waals surface area contributed by atoms with Crippen molar-refractivity contribution in [1.29, 1.82) is 0 Å². The Kier molecular flexibility index (Phi) is 5.61. The van der Waals surface area contributed by atoms with Gasteiger partial charge in [0.25, 0.3) is 0 Å². The first-order chi connectivity index (χ1) is 13.6. The van der Waals surface area contributed by atoms with Gasteiger partial charge in [-0.2, -0.15) is 9.36 Å². The number of nitrogens with zero attached hydrogens (tertiary/aromatic N) is 5. The fourth-order valence-electron chi connectivity index (χ4n) is 3.39. The maximum atomic E-state index is 6.07. The van der Waals surface area contributed by atoms with Crippen LogP contribution in [0.1, 0.15) is 0 Å². The van der Waals surface area contributed by atoms with Gasteiger partial charge in [-0.05, 0) is 65.1 Å². The SMILES string of the molecule is COc1ccc(N2CC[NH+](Cn3nnn(-c4cccc(Cl)c4)c3=S)CC2)cc1. The van der Waals surface area contributed by atoms with E-state index < -0.39 is 0 Å². The summed E-state index contributed by atoms with van der Waals surface area (Å²) in [5.41, 5.74) is 2.05. The highest BCUT2D eigenvalue weighted by molar-refractivity contribution is 7.71. The summed E-state index contributed by atoms with van der Waals surface area (Å²) in [6, 6.07) is 15.7. The highest BCUT2D eigenvalue weighted by atomic mass is 35.5. The minimum absolute atomic E-state index is 0.576. The highest BCUT2D eigenvalue weighted by Gasteiger charge is 2.21. The molecule has 1 N–H and O–H groups in total. The van der Waals surface area contributed by atoms with Gasteiger partial charge in [0.15, 0.2) is 6.67 Å². The van der Waals surface area contributed by atoms with Gasteiger partial charge in [-0.25, -0.2) is 0 Å². The van der Waals surface area contributed by atoms with Crippen molar-refractivity contribution in [2.75, 3.05) is 38.2 Å². The maximum absolute atomic E-state index is 6.07. The van der Waals surface area contributed by atoms with Gasteiger partial charge in [0, 0.05) is 10.7 Å². The van der Waals surface area contributed by atoms with Crippen LogP contribution in [0.3, 0.4) is 0 Å². The molecular weight excluding hydrogens is 396 g/mol. The van der Waals surface area contributed by atoms with E-state index in [1.165, 1.54) is 10.6 Å². The first-order valence-corrected chi connectivity index (χ1v) is 9.94. The summed E-state index contributed by atoms with van der Waals surface area (Å²) in [6.07, 6.45) is 0. The second-order valence-corrected chi connectivity index (χ2v) is 7.55. The smallest absolute Gasteiger partial charge is 0.225 e. The molecule has 146 valence electrons. The fourth-order valence-corrected chi connectivity index (χ4v) is 3.81. The van der Waals surface area contributed by atoms with E-state index in [4.69, 9.17) is 28.6 Å². The minimum Gasteiger partial charge on any atom is -0.497 e. The second kappa shape index (κ2) is 8.30. The normalized spacial score (nSPS) is 15.0. The number of hydrogen-bond donors (Lipinski definition) is 1. The number of halogens is 1. The van der Waals surface area contributed by atoms with E-state index in [0.29, 0.717) is 16.5 Å². The molecule has 1 aliphatic heterocycles. The summed E-state index contributed by atoms with van der Waals surface area (Å²) in [7, 11) is 1.69. The van der Waals surface area contributed by atoms with Crippen molar-refractivity contribution in [3.8, 4) is 11.4 Å². The van der Waals surface area contributed by atoms with E-state index in [2.05, 4.69) is 27.5 Å². The van der Waals surface area contributed by atoms with Gasteiger partial charge in [-0.15, -0.1) is 0 Å². The Morgan fingerprint density at radius 1 is 1.07 bits per heavy atom. The topological polar surface area (TPSA) is 52.6 Å². The highest BCUT2D eigenvalue weighted by Crippen LogP contribution is 2.19. The lowest BCUT2D eigenvalue weighted by atomic mass is 10.2. The van der Waals surface area contributed by atoms with Crippen LogP contribution in [0, 0.1) is 4.77 Å². The number of piperazine rings is 1. The third-order valence-electron chi connectivity index (χ3n) is 4.97. The molecule has 0 amide bonds. The molecule has 2 heterocycles. The van der Waals surface area contributed by atoms with Crippen LogP contribution in [-0.4, -0.2) is 53.1 Å². The Morgan fingerprint density at radius 2 is 1.82 bits per heavy atom. The fraction of sp³-hybridized carbons (Fsp3) is 0.316. The van der Waals surface area contributed by atoms with Crippen molar-refractivity contribution in [2.24, 2.45) is 0 Å². The molecule has 0 saturated carbocycles. The van der Waals surface area contributed by atoms with Crippen LogP contribution in [0.4, 0.5) is 5.69 Å². The number of aromatic nitrogens is 4. The van der Waals surface area contributed by atoms with E-state index in [1.807, 2.05) is 36.4 Å². The summed E-state index contributed by atoms with van der Waals surface area (Å²) in [5, 5.41) is 9.10. The van der Waals surface area contributed by atoms with Crippen LogP contribution in [0.15, 0.2) is 48.5 Å². The first-order valence-electron chi connectivity index (χ1n) is 9.15. The van der Waals surface area contributed by atoms with Gasteiger partial charge >= 0.3 is 0 Å². The van der Waals surface area contributed by atoms with Gasteiger partial charge in [0.05, 0.1) is 39.0 Å². The number of hydrogen-bond acceptors (Lipinski definition) is 5. The molecule has 1 aliphatic rings. The zero-order valence-electron chi connectivity index (χ0n) is 15.6. The van der Waals surface area contributed by atoms with Crippen molar-refractivity contribution < 1.29 is 9.64 Å². The number of tetrazole rings is 1. The number of benzene rings is 2. The molecule has 0 aliphatic carbocycles.